The van der Waals surface area contributed by atoms with Gasteiger partial charge in [-0.15, -0.1) is 0 Å². The average Bonchev–Trinajstić information content (AvgIpc) is 3.27. The molecule has 0 saturated heterocycles. The van der Waals surface area contributed by atoms with E-state index in [-0.39, 0.29) is 5.92 Å². The van der Waals surface area contributed by atoms with E-state index >= 15 is 0 Å². The number of aromatic nitrogens is 4. The molecular formula is C21H22BrN5O2. The van der Waals surface area contributed by atoms with Crippen molar-refractivity contribution >= 4 is 27.8 Å². The Balaban J connectivity index is 1.47. The largest absolute Gasteiger partial charge is 0.444 e. The van der Waals surface area contributed by atoms with Gasteiger partial charge >= 0.3 is 6.09 Å². The Morgan fingerprint density at radius 2 is 2.03 bits per heavy atom. The molecule has 1 amide bonds. The number of imidazole rings is 1. The van der Waals surface area contributed by atoms with Crippen LogP contribution in [0.2, 0.25) is 0 Å². The van der Waals surface area contributed by atoms with Crippen molar-refractivity contribution in [2.75, 3.05) is 5.32 Å². The van der Waals surface area contributed by atoms with Crippen LogP contribution in [0.1, 0.15) is 50.2 Å². The number of carbonyl (C=O) groups excluding carboxylic acids is 1. The van der Waals surface area contributed by atoms with Gasteiger partial charge in [0, 0.05) is 22.4 Å². The zero-order valence-corrected chi connectivity index (χ0v) is 18.1. The first-order chi connectivity index (χ1) is 13.8. The number of aromatic amines is 1. The Morgan fingerprint density at radius 3 is 2.76 bits per heavy atom. The van der Waals surface area contributed by atoms with Crippen LogP contribution in [0.5, 0.6) is 0 Å². The molecule has 3 heterocycles. The summed E-state index contributed by atoms with van der Waals surface area (Å²) in [5, 5.41) is 2.63. The predicted molar refractivity (Wildman–Crippen MR) is 114 cm³/mol. The van der Waals surface area contributed by atoms with Crippen LogP contribution in [0.3, 0.4) is 0 Å². The third kappa shape index (κ3) is 4.48. The van der Waals surface area contributed by atoms with Crippen molar-refractivity contribution in [1.29, 1.82) is 0 Å². The van der Waals surface area contributed by atoms with Crippen molar-refractivity contribution in [2.24, 2.45) is 0 Å². The standard InChI is InChI=1S/C21H22BrN5O2/c1-21(2,3)29-20(28)27-17-7-5-13(9-23-17)16-11-25-19(26-16)15-6-4-12-8-14(22)10-24-18(12)15/h5,7-11,15H,4,6H2,1-3H3,(H,25,26)(H,23,27,28). The van der Waals surface area contributed by atoms with Crippen LogP contribution in [0.25, 0.3) is 11.3 Å². The van der Waals surface area contributed by atoms with Gasteiger partial charge < -0.3 is 9.72 Å². The van der Waals surface area contributed by atoms with Gasteiger partial charge in [-0.3, -0.25) is 10.3 Å². The van der Waals surface area contributed by atoms with E-state index in [1.807, 2.05) is 39.2 Å². The molecule has 0 bridgehead atoms. The van der Waals surface area contributed by atoms with E-state index in [0.29, 0.717) is 5.82 Å². The molecule has 1 aliphatic carbocycles. The number of pyridine rings is 2. The van der Waals surface area contributed by atoms with Crippen LogP contribution in [0, 0.1) is 0 Å². The van der Waals surface area contributed by atoms with E-state index in [2.05, 4.69) is 47.2 Å². The molecule has 1 unspecified atom stereocenters. The normalized spacial score (nSPS) is 15.8. The molecule has 0 fully saturated rings. The van der Waals surface area contributed by atoms with Gasteiger partial charge in [0.05, 0.1) is 23.5 Å². The maximum Gasteiger partial charge on any atom is 0.413 e. The molecule has 3 aromatic rings. The van der Waals surface area contributed by atoms with Gasteiger partial charge in [0.1, 0.15) is 17.2 Å². The molecule has 8 heteroatoms. The number of aryl methyl sites for hydroxylation is 1. The fourth-order valence-corrected chi connectivity index (χ4v) is 3.78. The third-order valence-electron chi connectivity index (χ3n) is 4.63. The molecule has 0 aliphatic heterocycles. The molecule has 0 spiro atoms. The van der Waals surface area contributed by atoms with Crippen molar-refractivity contribution in [2.45, 2.75) is 45.1 Å². The smallest absolute Gasteiger partial charge is 0.413 e. The van der Waals surface area contributed by atoms with Gasteiger partial charge in [0.15, 0.2) is 0 Å². The Kier molecular flexibility index (Phi) is 5.12. The minimum atomic E-state index is -0.555. The number of fused-ring (bicyclic) bond motifs is 1. The van der Waals surface area contributed by atoms with Gasteiger partial charge in [-0.25, -0.2) is 14.8 Å². The lowest BCUT2D eigenvalue weighted by Gasteiger charge is -2.19. The predicted octanol–water partition coefficient (Wildman–Crippen LogP) is 5.05. The van der Waals surface area contributed by atoms with Crippen molar-refractivity contribution in [1.82, 2.24) is 19.9 Å². The number of nitrogens with one attached hydrogen (secondary N) is 2. The summed E-state index contributed by atoms with van der Waals surface area (Å²) < 4.78 is 6.24. The van der Waals surface area contributed by atoms with E-state index in [0.717, 1.165) is 40.1 Å². The number of halogens is 1. The lowest BCUT2D eigenvalue weighted by atomic mass is 10.1. The SMILES string of the molecule is CC(C)(C)OC(=O)Nc1ccc(-c2cnc(C3CCc4cc(Br)cnc43)[nH]2)cn1. The van der Waals surface area contributed by atoms with Gasteiger partial charge in [0.25, 0.3) is 0 Å². The molecule has 0 radical (unpaired) electrons. The zero-order valence-electron chi connectivity index (χ0n) is 16.5. The summed E-state index contributed by atoms with van der Waals surface area (Å²) in [6, 6.07) is 5.76. The number of hydrogen-bond donors (Lipinski definition) is 2. The lowest BCUT2D eigenvalue weighted by molar-refractivity contribution is 0.0635. The molecule has 3 aromatic heterocycles. The maximum absolute atomic E-state index is 11.9. The summed E-state index contributed by atoms with van der Waals surface area (Å²) in [6.07, 6.45) is 6.80. The van der Waals surface area contributed by atoms with Crippen molar-refractivity contribution in [3.63, 3.8) is 0 Å². The molecule has 4 rings (SSSR count). The molecule has 2 N–H and O–H groups in total. The monoisotopic (exact) mass is 455 g/mol. The molecule has 150 valence electrons. The van der Waals surface area contributed by atoms with E-state index in [1.165, 1.54) is 5.56 Å². The quantitative estimate of drug-likeness (QED) is 0.575. The first-order valence-corrected chi connectivity index (χ1v) is 10.2. The van der Waals surface area contributed by atoms with Crippen molar-refractivity contribution < 1.29 is 9.53 Å². The number of H-pyrrole nitrogens is 1. The molecule has 1 atom stereocenters. The molecule has 7 nitrogen and oxygen atoms in total. The Labute approximate surface area is 177 Å². The first kappa shape index (κ1) is 19.6. The van der Waals surface area contributed by atoms with Crippen LogP contribution in [-0.4, -0.2) is 31.6 Å². The number of ether oxygens (including phenoxy) is 1. The van der Waals surface area contributed by atoms with Crippen LogP contribution in [-0.2, 0) is 11.2 Å². The molecule has 0 aromatic carbocycles. The molecular weight excluding hydrogens is 434 g/mol. The highest BCUT2D eigenvalue weighted by atomic mass is 79.9. The fourth-order valence-electron chi connectivity index (χ4n) is 3.40. The summed E-state index contributed by atoms with van der Waals surface area (Å²) >= 11 is 3.48. The second-order valence-corrected chi connectivity index (χ2v) is 8.95. The molecule has 1 aliphatic rings. The second-order valence-electron chi connectivity index (χ2n) is 8.03. The fraction of sp³-hybridized carbons (Fsp3) is 0.333. The number of rotatable bonds is 3. The van der Waals surface area contributed by atoms with Crippen molar-refractivity contribution in [3.8, 4) is 11.3 Å². The van der Waals surface area contributed by atoms with Gasteiger partial charge in [-0.05, 0) is 73.3 Å². The number of nitrogens with zero attached hydrogens (tertiary/aromatic N) is 3. The number of carbonyl (C=O) groups is 1. The summed E-state index contributed by atoms with van der Waals surface area (Å²) in [4.78, 5) is 28.7. The third-order valence-corrected chi connectivity index (χ3v) is 5.06. The number of anilines is 1. The Morgan fingerprint density at radius 1 is 1.21 bits per heavy atom. The van der Waals surface area contributed by atoms with Crippen LogP contribution in [0.4, 0.5) is 10.6 Å². The minimum absolute atomic E-state index is 0.174. The Hall–Kier alpha value is -2.74. The van der Waals surface area contributed by atoms with Crippen LogP contribution >= 0.6 is 15.9 Å². The second kappa shape index (κ2) is 7.59. The molecule has 0 saturated carbocycles. The van der Waals surface area contributed by atoms with E-state index in [4.69, 9.17) is 4.74 Å². The summed E-state index contributed by atoms with van der Waals surface area (Å²) in [5.41, 5.74) is 3.56. The minimum Gasteiger partial charge on any atom is -0.444 e. The maximum atomic E-state index is 11.9. The number of hydrogen-bond acceptors (Lipinski definition) is 5. The highest BCUT2D eigenvalue weighted by Crippen LogP contribution is 2.37. The highest BCUT2D eigenvalue weighted by Gasteiger charge is 2.28. The molecule has 29 heavy (non-hydrogen) atoms. The highest BCUT2D eigenvalue weighted by molar-refractivity contribution is 9.10. The van der Waals surface area contributed by atoms with Crippen LogP contribution < -0.4 is 5.32 Å². The summed E-state index contributed by atoms with van der Waals surface area (Å²) in [5.74, 6) is 1.51. The van der Waals surface area contributed by atoms with E-state index in [9.17, 15) is 4.79 Å². The van der Waals surface area contributed by atoms with Gasteiger partial charge in [-0.1, -0.05) is 0 Å². The zero-order chi connectivity index (χ0) is 20.6. The lowest BCUT2D eigenvalue weighted by Crippen LogP contribution is -2.27. The first-order valence-electron chi connectivity index (χ1n) is 9.44. The topological polar surface area (TPSA) is 92.8 Å². The summed E-state index contributed by atoms with van der Waals surface area (Å²) in [7, 11) is 0. The van der Waals surface area contributed by atoms with Crippen LogP contribution in [0.15, 0.2) is 41.3 Å². The summed E-state index contributed by atoms with van der Waals surface area (Å²) in [6.45, 7) is 5.45. The Bertz CT molecular complexity index is 1040. The van der Waals surface area contributed by atoms with Gasteiger partial charge in [0.2, 0.25) is 0 Å². The van der Waals surface area contributed by atoms with E-state index in [1.54, 1.807) is 12.3 Å². The van der Waals surface area contributed by atoms with Crippen molar-refractivity contribution in [3.05, 3.63) is 58.3 Å². The van der Waals surface area contributed by atoms with Gasteiger partial charge in [-0.2, -0.15) is 0 Å². The average molecular weight is 456 g/mol. The number of amides is 1. The van der Waals surface area contributed by atoms with E-state index < -0.39 is 11.7 Å².